The summed E-state index contributed by atoms with van der Waals surface area (Å²) < 4.78 is 15.6. The van der Waals surface area contributed by atoms with Crippen LogP contribution in [-0.4, -0.2) is 56.2 Å². The number of aliphatic hydroxyl groups is 1. The predicted molar refractivity (Wildman–Crippen MR) is 112 cm³/mol. The Bertz CT molecular complexity index is 986. The molecule has 0 aromatic heterocycles. The van der Waals surface area contributed by atoms with Crippen molar-refractivity contribution in [2.75, 3.05) is 34.5 Å². The zero-order chi connectivity index (χ0) is 21.8. The van der Waals surface area contributed by atoms with Gasteiger partial charge < -0.3 is 24.2 Å². The molecule has 1 atom stereocenters. The Kier molecular flexibility index (Phi) is 6.64. The summed E-state index contributed by atoms with van der Waals surface area (Å²) in [6.45, 7) is 0.418. The molecule has 30 heavy (non-hydrogen) atoms. The number of ketones is 1. The lowest BCUT2D eigenvalue weighted by Gasteiger charge is -2.25. The number of hydrogen-bond donors (Lipinski definition) is 1. The lowest BCUT2D eigenvalue weighted by molar-refractivity contribution is -0.140. The van der Waals surface area contributed by atoms with Gasteiger partial charge in [0.2, 0.25) is 0 Å². The zero-order valence-electron chi connectivity index (χ0n) is 16.8. The van der Waals surface area contributed by atoms with Gasteiger partial charge in [0.15, 0.2) is 0 Å². The molecule has 2 aromatic carbocycles. The van der Waals surface area contributed by atoms with Crippen LogP contribution in [0, 0.1) is 0 Å². The van der Waals surface area contributed by atoms with Crippen LogP contribution in [0.25, 0.3) is 5.76 Å². The Balaban J connectivity index is 2.20. The molecule has 0 aliphatic carbocycles. The Morgan fingerprint density at radius 1 is 1.07 bits per heavy atom. The predicted octanol–water partition coefficient (Wildman–Crippen LogP) is 3.43. The van der Waals surface area contributed by atoms with Gasteiger partial charge in [-0.15, -0.1) is 0 Å². The van der Waals surface area contributed by atoms with Gasteiger partial charge >= 0.3 is 0 Å². The van der Waals surface area contributed by atoms with Crippen LogP contribution >= 0.6 is 11.6 Å². The Labute approximate surface area is 179 Å². The van der Waals surface area contributed by atoms with Crippen LogP contribution in [0.4, 0.5) is 0 Å². The van der Waals surface area contributed by atoms with E-state index in [0.29, 0.717) is 22.1 Å². The number of rotatable bonds is 7. The van der Waals surface area contributed by atoms with Crippen molar-refractivity contribution in [3.63, 3.8) is 0 Å². The van der Waals surface area contributed by atoms with Crippen molar-refractivity contribution in [3.05, 3.63) is 64.2 Å². The summed E-state index contributed by atoms with van der Waals surface area (Å²) in [5, 5.41) is 11.5. The molecule has 0 spiro atoms. The lowest BCUT2D eigenvalue weighted by Crippen LogP contribution is -2.32. The van der Waals surface area contributed by atoms with E-state index in [0.717, 1.165) is 0 Å². The van der Waals surface area contributed by atoms with Gasteiger partial charge in [-0.2, -0.15) is 0 Å². The largest absolute Gasteiger partial charge is 0.507 e. The van der Waals surface area contributed by atoms with Crippen LogP contribution in [-0.2, 0) is 14.3 Å². The zero-order valence-corrected chi connectivity index (χ0v) is 17.6. The van der Waals surface area contributed by atoms with E-state index >= 15 is 0 Å². The highest BCUT2D eigenvalue weighted by molar-refractivity contribution is 6.46. The third-order valence-electron chi connectivity index (χ3n) is 4.92. The summed E-state index contributed by atoms with van der Waals surface area (Å²) in [5.74, 6) is -0.895. The van der Waals surface area contributed by atoms with Crippen molar-refractivity contribution in [3.8, 4) is 11.5 Å². The second-order valence-electron chi connectivity index (χ2n) is 6.60. The van der Waals surface area contributed by atoms with Crippen LogP contribution in [0.1, 0.15) is 17.2 Å². The number of hydrogen-bond acceptors (Lipinski definition) is 6. The number of ether oxygens (including phenoxy) is 3. The molecule has 7 nitrogen and oxygen atoms in total. The van der Waals surface area contributed by atoms with Gasteiger partial charge in [0.05, 0.1) is 38.0 Å². The number of carbonyl (C=O) groups is 2. The van der Waals surface area contributed by atoms with Crippen molar-refractivity contribution in [2.45, 2.75) is 6.04 Å². The summed E-state index contributed by atoms with van der Waals surface area (Å²) in [7, 11) is 4.50. The summed E-state index contributed by atoms with van der Waals surface area (Å²) in [4.78, 5) is 27.1. The molecular weight excluding hydrogens is 410 g/mol. The van der Waals surface area contributed by atoms with Gasteiger partial charge in [-0.1, -0.05) is 23.7 Å². The van der Waals surface area contributed by atoms with E-state index < -0.39 is 17.7 Å². The monoisotopic (exact) mass is 431 g/mol. The number of halogens is 1. The molecule has 8 heteroatoms. The number of nitrogens with zero attached hydrogens (tertiary/aromatic N) is 1. The number of benzene rings is 2. The van der Waals surface area contributed by atoms with Crippen molar-refractivity contribution >= 4 is 29.1 Å². The Hall–Kier alpha value is -3.03. The smallest absolute Gasteiger partial charge is 0.295 e. The highest BCUT2D eigenvalue weighted by Gasteiger charge is 2.46. The summed E-state index contributed by atoms with van der Waals surface area (Å²) in [6.07, 6.45) is 0. The van der Waals surface area contributed by atoms with Crippen LogP contribution in [0.2, 0.25) is 5.02 Å². The highest BCUT2D eigenvalue weighted by atomic mass is 35.5. The standard InChI is InChI=1S/C22H22ClNO6/c1-28-11-10-24-19(13-4-7-15(29-2)8-5-13)18(21(26)22(24)27)20(25)16-12-14(23)6-9-17(16)30-3/h4-9,12,19,25H,10-11H2,1-3H3/b20-18+. The number of Topliss-reactive ketones (excluding diaryl/α,β-unsaturated/α-hetero) is 1. The summed E-state index contributed by atoms with van der Waals surface area (Å²) in [6, 6.07) is 10.8. The first-order chi connectivity index (χ1) is 14.4. The van der Waals surface area contributed by atoms with Crippen molar-refractivity contribution in [2.24, 2.45) is 0 Å². The van der Waals surface area contributed by atoms with Crippen molar-refractivity contribution in [1.29, 1.82) is 0 Å². The normalized spacial score (nSPS) is 18.0. The van der Waals surface area contributed by atoms with Gasteiger partial charge in [-0.05, 0) is 35.9 Å². The highest BCUT2D eigenvalue weighted by Crippen LogP contribution is 2.41. The molecule has 1 saturated heterocycles. The maximum Gasteiger partial charge on any atom is 0.295 e. The summed E-state index contributed by atoms with van der Waals surface area (Å²) in [5.41, 5.74) is 0.837. The molecule has 0 bridgehead atoms. The topological polar surface area (TPSA) is 85.3 Å². The second-order valence-corrected chi connectivity index (χ2v) is 7.04. The third-order valence-corrected chi connectivity index (χ3v) is 5.16. The van der Waals surface area contributed by atoms with Crippen LogP contribution < -0.4 is 9.47 Å². The molecular formula is C22H22ClNO6. The van der Waals surface area contributed by atoms with Gasteiger partial charge in [0.1, 0.15) is 17.3 Å². The van der Waals surface area contributed by atoms with Crippen LogP contribution in [0.5, 0.6) is 11.5 Å². The molecule has 1 aliphatic rings. The maximum absolute atomic E-state index is 12.9. The molecule has 0 saturated carbocycles. The molecule has 1 aliphatic heterocycles. The second kappa shape index (κ2) is 9.19. The first-order valence-electron chi connectivity index (χ1n) is 9.18. The molecule has 158 valence electrons. The van der Waals surface area contributed by atoms with E-state index in [4.69, 9.17) is 25.8 Å². The van der Waals surface area contributed by atoms with Gasteiger partial charge in [-0.3, -0.25) is 9.59 Å². The van der Waals surface area contributed by atoms with Crippen LogP contribution in [0.15, 0.2) is 48.0 Å². The molecule has 0 radical (unpaired) electrons. The number of likely N-dealkylation sites (tertiary alicyclic amines) is 1. The lowest BCUT2D eigenvalue weighted by atomic mass is 9.95. The Morgan fingerprint density at radius 2 is 1.77 bits per heavy atom. The van der Waals surface area contributed by atoms with E-state index in [2.05, 4.69) is 0 Å². The van der Waals surface area contributed by atoms with Gasteiger partial charge in [0.25, 0.3) is 11.7 Å². The fourth-order valence-corrected chi connectivity index (χ4v) is 3.62. The molecule has 1 fully saturated rings. The van der Waals surface area contributed by atoms with E-state index in [1.807, 2.05) is 0 Å². The van der Waals surface area contributed by atoms with E-state index in [9.17, 15) is 14.7 Å². The minimum Gasteiger partial charge on any atom is -0.507 e. The summed E-state index contributed by atoms with van der Waals surface area (Å²) >= 11 is 6.09. The van der Waals surface area contributed by atoms with Crippen molar-refractivity contribution < 1.29 is 28.9 Å². The Morgan fingerprint density at radius 3 is 2.37 bits per heavy atom. The van der Waals surface area contributed by atoms with E-state index in [1.54, 1.807) is 43.5 Å². The molecule has 1 amide bonds. The fraction of sp³-hybridized carbons (Fsp3) is 0.273. The third kappa shape index (κ3) is 3.99. The molecule has 1 N–H and O–H groups in total. The number of amides is 1. The van der Waals surface area contributed by atoms with Gasteiger partial charge in [-0.25, -0.2) is 0 Å². The minimum absolute atomic E-state index is 0.0400. The molecule has 1 heterocycles. The van der Waals surface area contributed by atoms with Gasteiger partial charge in [0, 0.05) is 18.7 Å². The number of carbonyl (C=O) groups excluding carboxylic acids is 2. The number of aliphatic hydroxyl groups excluding tert-OH is 1. The fourth-order valence-electron chi connectivity index (χ4n) is 3.44. The molecule has 3 rings (SSSR count). The van der Waals surface area contributed by atoms with E-state index in [-0.39, 0.29) is 30.0 Å². The molecule has 1 unspecified atom stereocenters. The van der Waals surface area contributed by atoms with Crippen molar-refractivity contribution in [1.82, 2.24) is 4.90 Å². The quantitative estimate of drug-likeness (QED) is 0.410. The van der Waals surface area contributed by atoms with E-state index in [1.165, 1.54) is 25.2 Å². The average Bonchev–Trinajstić information content (AvgIpc) is 3.01. The first-order valence-corrected chi connectivity index (χ1v) is 9.56. The maximum atomic E-state index is 12.9. The number of methoxy groups -OCH3 is 3. The minimum atomic E-state index is -0.797. The SMILES string of the molecule is COCCN1C(=O)C(=O)/C(=C(/O)c2cc(Cl)ccc2OC)C1c1ccc(OC)cc1. The van der Waals surface area contributed by atoms with Crippen LogP contribution in [0.3, 0.4) is 0 Å². The first kappa shape index (κ1) is 21.7. The average molecular weight is 432 g/mol. The molecule has 2 aromatic rings.